The molecule has 0 atom stereocenters. The van der Waals surface area contributed by atoms with Crippen LogP contribution >= 0.6 is 23.4 Å². The first-order valence-corrected chi connectivity index (χ1v) is 11.9. The van der Waals surface area contributed by atoms with Gasteiger partial charge in [0.1, 0.15) is 5.82 Å². The fourth-order valence-electron chi connectivity index (χ4n) is 3.72. The number of amides is 3. The third-order valence-electron chi connectivity index (χ3n) is 5.27. The number of imide groups is 1. The van der Waals surface area contributed by atoms with Crippen molar-refractivity contribution in [3.63, 3.8) is 0 Å². The van der Waals surface area contributed by atoms with Gasteiger partial charge < -0.3 is 5.32 Å². The van der Waals surface area contributed by atoms with Crippen molar-refractivity contribution in [1.82, 2.24) is 25.4 Å². The number of rotatable bonds is 7. The quantitative estimate of drug-likeness (QED) is 0.501. The van der Waals surface area contributed by atoms with Gasteiger partial charge in [-0.1, -0.05) is 66.5 Å². The monoisotopic (exact) mass is 469 g/mol. The first kappa shape index (κ1) is 22.4. The van der Waals surface area contributed by atoms with Gasteiger partial charge in [-0.05, 0) is 42.7 Å². The number of hydrogen-bond donors (Lipinski definition) is 2. The molecule has 2 N–H and O–H groups in total. The second-order valence-electron chi connectivity index (χ2n) is 7.66. The maximum absolute atomic E-state index is 12.3. The third kappa shape index (κ3) is 5.89. The molecule has 3 aromatic rings. The average molecular weight is 470 g/mol. The minimum atomic E-state index is -0.438. The molecule has 1 aliphatic rings. The molecular weight excluding hydrogens is 446 g/mol. The summed E-state index contributed by atoms with van der Waals surface area (Å²) in [6.07, 6.45) is 4.74. The fraction of sp³-hybridized carbons (Fsp3) is 0.304. The minimum absolute atomic E-state index is 0.0507. The van der Waals surface area contributed by atoms with E-state index in [1.807, 2.05) is 47.0 Å². The summed E-state index contributed by atoms with van der Waals surface area (Å²) in [5, 5.41) is 15.1. The lowest BCUT2D eigenvalue weighted by atomic mass is 10.1. The Hall–Kier alpha value is -2.84. The number of halogens is 1. The molecule has 0 saturated heterocycles. The Bertz CT molecular complexity index is 1070. The highest BCUT2D eigenvalue weighted by molar-refractivity contribution is 7.99. The fourth-order valence-corrected chi connectivity index (χ4v) is 4.62. The molecule has 2 aromatic carbocycles. The number of nitrogens with one attached hydrogen (secondary N) is 2. The highest BCUT2D eigenvalue weighted by atomic mass is 35.5. The second kappa shape index (κ2) is 10.7. The number of thioether (sulfide) groups is 1. The summed E-state index contributed by atoms with van der Waals surface area (Å²) in [5.41, 5.74) is 1.96. The van der Waals surface area contributed by atoms with E-state index < -0.39 is 6.03 Å². The van der Waals surface area contributed by atoms with Gasteiger partial charge in [-0.25, -0.2) is 4.79 Å². The highest BCUT2D eigenvalue weighted by Crippen LogP contribution is 2.24. The Balaban J connectivity index is 1.46. The lowest BCUT2D eigenvalue weighted by Gasteiger charge is -2.12. The number of urea groups is 1. The summed E-state index contributed by atoms with van der Waals surface area (Å²) >= 11 is 7.29. The first-order chi connectivity index (χ1) is 15.6. The number of nitrogens with zero attached hydrogens (tertiary/aromatic N) is 3. The molecule has 1 saturated carbocycles. The normalized spacial score (nSPS) is 13.8. The van der Waals surface area contributed by atoms with Gasteiger partial charge in [-0.3, -0.25) is 14.7 Å². The van der Waals surface area contributed by atoms with E-state index in [9.17, 15) is 9.59 Å². The second-order valence-corrected chi connectivity index (χ2v) is 9.04. The van der Waals surface area contributed by atoms with Crippen LogP contribution in [0.25, 0.3) is 5.69 Å². The van der Waals surface area contributed by atoms with Crippen LogP contribution in [0.1, 0.15) is 37.1 Å². The molecule has 0 unspecified atom stereocenters. The number of hydrogen-bond acceptors (Lipinski definition) is 5. The summed E-state index contributed by atoms with van der Waals surface area (Å²) < 4.78 is 1.92. The third-order valence-corrected chi connectivity index (χ3v) is 6.45. The van der Waals surface area contributed by atoms with E-state index in [-0.39, 0.29) is 17.7 Å². The lowest BCUT2D eigenvalue weighted by molar-refractivity contribution is -0.117. The van der Waals surface area contributed by atoms with Gasteiger partial charge in [0.2, 0.25) is 5.91 Å². The molecule has 1 aliphatic carbocycles. The molecule has 0 aliphatic heterocycles. The molecule has 0 bridgehead atoms. The van der Waals surface area contributed by atoms with E-state index in [0.29, 0.717) is 16.6 Å². The molecule has 7 nitrogen and oxygen atoms in total. The van der Waals surface area contributed by atoms with Crippen molar-refractivity contribution >= 4 is 35.3 Å². The van der Waals surface area contributed by atoms with Gasteiger partial charge in [0, 0.05) is 23.2 Å². The van der Waals surface area contributed by atoms with Crippen molar-refractivity contribution < 1.29 is 9.59 Å². The van der Waals surface area contributed by atoms with Crippen LogP contribution < -0.4 is 10.6 Å². The highest BCUT2D eigenvalue weighted by Gasteiger charge is 2.20. The van der Waals surface area contributed by atoms with Gasteiger partial charge in [0.15, 0.2) is 5.16 Å². The predicted octanol–water partition coefficient (Wildman–Crippen LogP) is 4.37. The SMILES string of the molecule is O=C(CSc1nnc(Cc2ccccc2)n1-c1ccc(Cl)cc1)NC(=O)NC1CCCC1. The predicted molar refractivity (Wildman–Crippen MR) is 125 cm³/mol. The van der Waals surface area contributed by atoms with Crippen LogP contribution in [0.5, 0.6) is 0 Å². The van der Waals surface area contributed by atoms with Crippen molar-refractivity contribution in [1.29, 1.82) is 0 Å². The maximum atomic E-state index is 12.3. The maximum Gasteiger partial charge on any atom is 0.321 e. The molecule has 1 fully saturated rings. The van der Waals surface area contributed by atoms with Crippen LogP contribution in [-0.4, -0.2) is 38.5 Å². The van der Waals surface area contributed by atoms with Crippen LogP contribution in [0.15, 0.2) is 59.8 Å². The van der Waals surface area contributed by atoms with Gasteiger partial charge in [0.25, 0.3) is 0 Å². The smallest absolute Gasteiger partial charge is 0.321 e. The van der Waals surface area contributed by atoms with E-state index >= 15 is 0 Å². The molecule has 1 heterocycles. The van der Waals surface area contributed by atoms with Crippen molar-refractivity contribution in [3.8, 4) is 5.69 Å². The Morgan fingerprint density at radius 2 is 1.75 bits per heavy atom. The lowest BCUT2D eigenvalue weighted by Crippen LogP contribution is -2.44. The summed E-state index contributed by atoms with van der Waals surface area (Å²) in [4.78, 5) is 24.4. The van der Waals surface area contributed by atoms with Crippen LogP contribution in [0.4, 0.5) is 4.79 Å². The van der Waals surface area contributed by atoms with Crippen molar-refractivity contribution in [2.45, 2.75) is 43.3 Å². The Morgan fingerprint density at radius 3 is 2.47 bits per heavy atom. The molecule has 32 heavy (non-hydrogen) atoms. The topological polar surface area (TPSA) is 88.9 Å². The standard InChI is InChI=1S/C23H24ClN5O2S/c24-17-10-12-19(13-11-17)29-20(14-16-6-2-1-3-7-16)27-28-23(29)32-15-21(30)26-22(31)25-18-8-4-5-9-18/h1-3,6-7,10-13,18H,4-5,8-9,14-15H2,(H2,25,26,30,31). The minimum Gasteiger partial charge on any atom is -0.335 e. The summed E-state index contributed by atoms with van der Waals surface area (Å²) in [6.45, 7) is 0. The van der Waals surface area contributed by atoms with E-state index in [0.717, 1.165) is 42.8 Å². The molecule has 166 valence electrons. The van der Waals surface area contributed by atoms with Crippen LogP contribution in [0, 0.1) is 0 Å². The van der Waals surface area contributed by atoms with E-state index in [2.05, 4.69) is 20.8 Å². The average Bonchev–Trinajstić information content (AvgIpc) is 3.43. The Kier molecular flexibility index (Phi) is 7.44. The zero-order valence-corrected chi connectivity index (χ0v) is 19.0. The molecule has 1 aromatic heterocycles. The molecule has 4 rings (SSSR count). The van der Waals surface area contributed by atoms with Crippen molar-refractivity contribution in [2.24, 2.45) is 0 Å². The van der Waals surface area contributed by atoms with E-state index in [1.165, 1.54) is 11.8 Å². The van der Waals surface area contributed by atoms with Crippen LogP contribution in [0.2, 0.25) is 5.02 Å². The number of carbonyl (C=O) groups is 2. The van der Waals surface area contributed by atoms with Crippen molar-refractivity contribution in [3.05, 3.63) is 71.0 Å². The molecule has 3 amide bonds. The number of carbonyl (C=O) groups excluding carboxylic acids is 2. The van der Waals surface area contributed by atoms with Crippen LogP contribution in [0.3, 0.4) is 0 Å². The summed E-state index contributed by atoms with van der Waals surface area (Å²) in [5.74, 6) is 0.427. The van der Waals surface area contributed by atoms with Crippen molar-refractivity contribution in [2.75, 3.05) is 5.75 Å². The van der Waals surface area contributed by atoms with Gasteiger partial charge >= 0.3 is 6.03 Å². The first-order valence-electron chi connectivity index (χ1n) is 10.6. The van der Waals surface area contributed by atoms with E-state index in [4.69, 9.17) is 11.6 Å². The molecule has 0 radical (unpaired) electrons. The number of aromatic nitrogens is 3. The van der Waals surface area contributed by atoms with E-state index in [1.54, 1.807) is 12.1 Å². The number of benzene rings is 2. The molecule has 9 heteroatoms. The van der Waals surface area contributed by atoms with Gasteiger partial charge in [-0.2, -0.15) is 0 Å². The molecular formula is C23H24ClN5O2S. The summed E-state index contributed by atoms with van der Waals surface area (Å²) in [7, 11) is 0. The zero-order chi connectivity index (χ0) is 22.3. The Labute approximate surface area is 196 Å². The Morgan fingerprint density at radius 1 is 1.03 bits per heavy atom. The zero-order valence-electron chi connectivity index (χ0n) is 17.5. The summed E-state index contributed by atoms with van der Waals surface area (Å²) in [6, 6.07) is 17.1. The van der Waals surface area contributed by atoms with Gasteiger partial charge in [0.05, 0.1) is 5.75 Å². The largest absolute Gasteiger partial charge is 0.335 e. The van der Waals surface area contributed by atoms with Gasteiger partial charge in [-0.15, -0.1) is 10.2 Å². The van der Waals surface area contributed by atoms with Crippen LogP contribution in [-0.2, 0) is 11.2 Å². The molecule has 0 spiro atoms.